The van der Waals surface area contributed by atoms with Crippen molar-refractivity contribution in [3.63, 3.8) is 0 Å². The van der Waals surface area contributed by atoms with Crippen molar-refractivity contribution in [3.05, 3.63) is 28.5 Å². The maximum atomic E-state index is 11.7. The number of aromatic nitrogens is 1. The molecule has 0 fully saturated rings. The van der Waals surface area contributed by atoms with Crippen molar-refractivity contribution in [2.45, 2.75) is 0 Å². The van der Waals surface area contributed by atoms with Gasteiger partial charge in [-0.2, -0.15) is 0 Å². The van der Waals surface area contributed by atoms with E-state index in [-0.39, 0.29) is 5.91 Å². The minimum absolute atomic E-state index is 0.139. The zero-order chi connectivity index (χ0) is 13.4. The molecule has 1 N–H and O–H groups in total. The van der Waals surface area contributed by atoms with Crippen molar-refractivity contribution in [1.29, 1.82) is 0 Å². The summed E-state index contributed by atoms with van der Waals surface area (Å²) in [4.78, 5) is 17.7. The van der Waals surface area contributed by atoms with Gasteiger partial charge < -0.3 is 15.0 Å². The molecule has 0 saturated heterocycles. The number of hydrogen-bond donors (Lipinski definition) is 1. The quantitative estimate of drug-likeness (QED) is 0.767. The molecule has 1 rings (SSSR count). The number of carbonyl (C=O) groups excluding carboxylic acids is 1. The summed E-state index contributed by atoms with van der Waals surface area (Å²) in [5, 5.41) is 2.78. The summed E-state index contributed by atoms with van der Waals surface area (Å²) in [5.41, 5.74) is 0.540. The number of rotatable bonds is 7. The summed E-state index contributed by atoms with van der Waals surface area (Å²) in [6.45, 7) is 2.56. The van der Waals surface area contributed by atoms with Gasteiger partial charge in [0.05, 0.1) is 18.8 Å². The van der Waals surface area contributed by atoms with E-state index in [2.05, 4.69) is 26.2 Å². The molecule has 18 heavy (non-hydrogen) atoms. The number of amides is 1. The maximum Gasteiger partial charge on any atom is 0.252 e. The lowest BCUT2D eigenvalue weighted by atomic mass is 10.3. The van der Waals surface area contributed by atoms with Gasteiger partial charge in [0.1, 0.15) is 0 Å². The molecular formula is C12H18BrN3O2. The summed E-state index contributed by atoms with van der Waals surface area (Å²) in [7, 11) is 3.98. The van der Waals surface area contributed by atoms with Crippen LogP contribution in [0.3, 0.4) is 0 Å². The lowest BCUT2D eigenvalue weighted by Gasteiger charge is -2.10. The van der Waals surface area contributed by atoms with E-state index in [0.717, 1.165) is 11.0 Å². The molecule has 6 heteroatoms. The average Bonchev–Trinajstić information content (AvgIpc) is 2.33. The van der Waals surface area contributed by atoms with Crippen molar-refractivity contribution >= 4 is 21.8 Å². The van der Waals surface area contributed by atoms with Crippen LogP contribution in [0.15, 0.2) is 22.9 Å². The first kappa shape index (κ1) is 15.1. The molecule has 0 aromatic carbocycles. The minimum atomic E-state index is -0.139. The van der Waals surface area contributed by atoms with Crippen molar-refractivity contribution < 1.29 is 9.53 Å². The highest BCUT2D eigenvalue weighted by Gasteiger charge is 2.05. The lowest BCUT2D eigenvalue weighted by molar-refractivity contribution is 0.0900. The lowest BCUT2D eigenvalue weighted by Crippen LogP contribution is -2.28. The van der Waals surface area contributed by atoms with Gasteiger partial charge in [-0.15, -0.1) is 0 Å². The standard InChI is InChI=1S/C12H18BrN3O2/c1-16(2)4-6-18-5-3-15-12(17)10-7-11(13)9-14-8-10/h7-9H,3-6H2,1-2H3,(H,15,17). The fraction of sp³-hybridized carbons (Fsp3) is 0.500. The fourth-order valence-corrected chi connectivity index (χ4v) is 1.59. The van der Waals surface area contributed by atoms with Crippen LogP contribution in [-0.2, 0) is 4.74 Å². The summed E-state index contributed by atoms with van der Waals surface area (Å²) in [6, 6.07) is 1.73. The number of nitrogens with one attached hydrogen (secondary N) is 1. The first-order valence-electron chi connectivity index (χ1n) is 5.71. The molecule has 100 valence electrons. The molecule has 5 nitrogen and oxygen atoms in total. The van der Waals surface area contributed by atoms with Gasteiger partial charge >= 0.3 is 0 Å². The topological polar surface area (TPSA) is 54.5 Å². The molecule has 0 aliphatic rings. The Balaban J connectivity index is 2.18. The molecule has 1 aromatic rings. The molecule has 0 aliphatic carbocycles. The maximum absolute atomic E-state index is 11.7. The van der Waals surface area contributed by atoms with Crippen LogP contribution in [0.25, 0.3) is 0 Å². The van der Waals surface area contributed by atoms with E-state index < -0.39 is 0 Å². The second kappa shape index (κ2) is 8.18. The van der Waals surface area contributed by atoms with E-state index >= 15 is 0 Å². The number of ether oxygens (including phenoxy) is 1. The third kappa shape index (κ3) is 6.09. The van der Waals surface area contributed by atoms with Crippen LogP contribution in [-0.4, -0.2) is 56.2 Å². The number of hydrogen-bond acceptors (Lipinski definition) is 4. The van der Waals surface area contributed by atoms with Gasteiger partial charge in [0.2, 0.25) is 0 Å². The van der Waals surface area contributed by atoms with Crippen molar-refractivity contribution in [1.82, 2.24) is 15.2 Å². The van der Waals surface area contributed by atoms with Gasteiger partial charge in [0.15, 0.2) is 0 Å². The van der Waals surface area contributed by atoms with E-state index in [9.17, 15) is 4.79 Å². The SMILES string of the molecule is CN(C)CCOCCNC(=O)c1cncc(Br)c1. The number of nitrogens with zero attached hydrogens (tertiary/aromatic N) is 2. The Labute approximate surface area is 116 Å². The molecule has 0 spiro atoms. The Morgan fingerprint density at radius 3 is 2.89 bits per heavy atom. The number of carbonyl (C=O) groups is 1. The monoisotopic (exact) mass is 315 g/mol. The molecule has 0 radical (unpaired) electrons. The second-order valence-electron chi connectivity index (χ2n) is 4.06. The van der Waals surface area contributed by atoms with Gasteiger partial charge in [-0.1, -0.05) is 0 Å². The molecule has 0 aliphatic heterocycles. The predicted molar refractivity (Wildman–Crippen MR) is 73.6 cm³/mol. The largest absolute Gasteiger partial charge is 0.378 e. The normalized spacial score (nSPS) is 10.7. The molecule has 0 atom stereocenters. The van der Waals surface area contributed by atoms with Crippen molar-refractivity contribution in [2.24, 2.45) is 0 Å². The van der Waals surface area contributed by atoms with Crippen LogP contribution >= 0.6 is 15.9 Å². The van der Waals surface area contributed by atoms with Crippen LogP contribution in [0.5, 0.6) is 0 Å². The van der Waals surface area contributed by atoms with E-state index in [0.29, 0.717) is 25.3 Å². The summed E-state index contributed by atoms with van der Waals surface area (Å²) < 4.78 is 6.16. The molecule has 1 aromatic heterocycles. The van der Waals surface area contributed by atoms with Crippen LogP contribution in [0, 0.1) is 0 Å². The Morgan fingerprint density at radius 1 is 1.44 bits per heavy atom. The van der Waals surface area contributed by atoms with Gasteiger partial charge in [-0.3, -0.25) is 9.78 Å². The first-order valence-corrected chi connectivity index (χ1v) is 6.50. The van der Waals surface area contributed by atoms with E-state index in [1.165, 1.54) is 6.20 Å². The minimum Gasteiger partial charge on any atom is -0.378 e. The Morgan fingerprint density at radius 2 is 2.22 bits per heavy atom. The highest BCUT2D eigenvalue weighted by atomic mass is 79.9. The molecule has 1 heterocycles. The molecule has 0 saturated carbocycles. The molecule has 0 unspecified atom stereocenters. The summed E-state index contributed by atoms with van der Waals surface area (Å²) in [5.74, 6) is -0.139. The smallest absolute Gasteiger partial charge is 0.252 e. The highest BCUT2D eigenvalue weighted by Crippen LogP contribution is 2.09. The van der Waals surface area contributed by atoms with Gasteiger partial charge in [-0.05, 0) is 36.1 Å². The molecular weight excluding hydrogens is 298 g/mol. The fourth-order valence-electron chi connectivity index (χ4n) is 1.22. The molecule has 1 amide bonds. The van der Waals surface area contributed by atoms with Crippen LogP contribution in [0.1, 0.15) is 10.4 Å². The van der Waals surface area contributed by atoms with Crippen LogP contribution < -0.4 is 5.32 Å². The van der Waals surface area contributed by atoms with Crippen LogP contribution in [0.2, 0.25) is 0 Å². The summed E-state index contributed by atoms with van der Waals surface area (Å²) >= 11 is 3.27. The zero-order valence-corrected chi connectivity index (χ0v) is 12.2. The second-order valence-corrected chi connectivity index (χ2v) is 4.98. The number of likely N-dealkylation sites (N-methyl/N-ethyl adjacent to an activating group) is 1. The average molecular weight is 316 g/mol. The van der Waals surface area contributed by atoms with Crippen molar-refractivity contribution in [3.8, 4) is 0 Å². The van der Waals surface area contributed by atoms with Gasteiger partial charge in [0.25, 0.3) is 5.91 Å². The van der Waals surface area contributed by atoms with Gasteiger partial charge in [-0.25, -0.2) is 0 Å². The third-order valence-corrected chi connectivity index (χ3v) is 2.62. The number of halogens is 1. The highest BCUT2D eigenvalue weighted by molar-refractivity contribution is 9.10. The molecule has 0 bridgehead atoms. The van der Waals surface area contributed by atoms with E-state index in [4.69, 9.17) is 4.74 Å². The zero-order valence-electron chi connectivity index (χ0n) is 10.6. The number of pyridine rings is 1. The Bertz CT molecular complexity index is 385. The summed E-state index contributed by atoms with van der Waals surface area (Å²) in [6.07, 6.45) is 3.17. The van der Waals surface area contributed by atoms with E-state index in [1.54, 1.807) is 12.3 Å². The predicted octanol–water partition coefficient (Wildman–Crippen LogP) is 1.15. The third-order valence-electron chi connectivity index (χ3n) is 2.18. The Hall–Kier alpha value is -0.980. The van der Waals surface area contributed by atoms with E-state index in [1.807, 2.05) is 19.0 Å². The first-order chi connectivity index (χ1) is 8.59. The van der Waals surface area contributed by atoms with Crippen molar-refractivity contribution in [2.75, 3.05) is 40.4 Å². The Kier molecular flexibility index (Phi) is 6.85. The van der Waals surface area contributed by atoms with Gasteiger partial charge in [0, 0.05) is 30.0 Å². The van der Waals surface area contributed by atoms with Crippen LogP contribution in [0.4, 0.5) is 0 Å².